The van der Waals surface area contributed by atoms with Gasteiger partial charge in [0.2, 0.25) is 0 Å². The number of rotatable bonds is 4. The predicted molar refractivity (Wildman–Crippen MR) is 54.7 cm³/mol. The molecular weight excluding hydrogens is 164 g/mol. The van der Waals surface area contributed by atoms with Crippen molar-refractivity contribution >= 4 is 0 Å². The molecule has 3 N–H and O–H groups in total. The molecule has 0 radical (unpaired) electrons. The van der Waals surface area contributed by atoms with Crippen LogP contribution in [0.4, 0.5) is 0 Å². The van der Waals surface area contributed by atoms with E-state index in [1.807, 2.05) is 0 Å². The van der Waals surface area contributed by atoms with E-state index in [2.05, 4.69) is 26.1 Å². The predicted octanol–water partition coefficient (Wildman–Crippen LogP) is 0.882. The first-order valence-corrected chi connectivity index (χ1v) is 5.07. The van der Waals surface area contributed by atoms with Gasteiger partial charge in [0.1, 0.15) is 0 Å². The summed E-state index contributed by atoms with van der Waals surface area (Å²) in [5.74, 6) is 0. The van der Waals surface area contributed by atoms with E-state index in [0.717, 1.165) is 19.6 Å². The van der Waals surface area contributed by atoms with Crippen molar-refractivity contribution in [3.8, 4) is 0 Å². The highest BCUT2D eigenvalue weighted by molar-refractivity contribution is 4.87. The Morgan fingerprint density at radius 2 is 2.23 bits per heavy atom. The molecule has 1 fully saturated rings. The van der Waals surface area contributed by atoms with Gasteiger partial charge in [0.25, 0.3) is 0 Å². The highest BCUT2D eigenvalue weighted by atomic mass is 16.5. The number of hydrogen-bond acceptors (Lipinski definition) is 3. The zero-order chi connectivity index (χ0) is 9.95. The van der Waals surface area contributed by atoms with Gasteiger partial charge in [-0.15, -0.1) is 0 Å². The fourth-order valence-corrected chi connectivity index (χ4v) is 1.47. The summed E-state index contributed by atoms with van der Waals surface area (Å²) in [5.41, 5.74) is 5.69. The second kappa shape index (κ2) is 3.95. The largest absolute Gasteiger partial charge is 0.374 e. The summed E-state index contributed by atoms with van der Waals surface area (Å²) >= 11 is 0. The van der Waals surface area contributed by atoms with Gasteiger partial charge in [-0.25, -0.2) is 0 Å². The quantitative estimate of drug-likeness (QED) is 0.685. The fraction of sp³-hybridized carbons (Fsp3) is 1.00. The molecule has 0 aromatic heterocycles. The third-order valence-electron chi connectivity index (χ3n) is 2.75. The van der Waals surface area contributed by atoms with Crippen molar-refractivity contribution < 1.29 is 4.74 Å². The molecule has 1 aliphatic heterocycles. The van der Waals surface area contributed by atoms with Crippen molar-refractivity contribution in [2.45, 2.75) is 44.8 Å². The van der Waals surface area contributed by atoms with Crippen molar-refractivity contribution in [3.63, 3.8) is 0 Å². The van der Waals surface area contributed by atoms with Crippen molar-refractivity contribution in [1.29, 1.82) is 0 Å². The van der Waals surface area contributed by atoms with Gasteiger partial charge in [-0.05, 0) is 33.6 Å². The van der Waals surface area contributed by atoms with Crippen molar-refractivity contribution in [2.75, 3.05) is 19.7 Å². The summed E-state index contributed by atoms with van der Waals surface area (Å²) in [6.07, 6.45) is 2.34. The Balaban J connectivity index is 2.32. The lowest BCUT2D eigenvalue weighted by Crippen LogP contribution is -2.51. The standard InChI is InChI=1S/C10H22N2O/c1-9(2,7-11)12-8-10(3)5-4-6-13-10/h12H,4-8,11H2,1-3H3. The molecule has 3 heteroatoms. The molecule has 0 aromatic rings. The molecular formula is C10H22N2O. The molecule has 1 rings (SSSR count). The number of nitrogens with two attached hydrogens (primary N) is 1. The van der Waals surface area contributed by atoms with Crippen LogP contribution in [0.1, 0.15) is 33.6 Å². The highest BCUT2D eigenvalue weighted by Crippen LogP contribution is 2.24. The Morgan fingerprint density at radius 3 is 2.69 bits per heavy atom. The normalized spacial score (nSPS) is 29.5. The SMILES string of the molecule is CC(C)(CN)NCC1(C)CCCO1. The zero-order valence-electron chi connectivity index (χ0n) is 9.02. The summed E-state index contributed by atoms with van der Waals surface area (Å²) in [7, 11) is 0. The lowest BCUT2D eigenvalue weighted by molar-refractivity contribution is 0.0159. The summed E-state index contributed by atoms with van der Waals surface area (Å²) in [4.78, 5) is 0. The highest BCUT2D eigenvalue weighted by Gasteiger charge is 2.31. The van der Waals surface area contributed by atoms with Crippen LogP contribution in [0.3, 0.4) is 0 Å². The molecule has 1 heterocycles. The van der Waals surface area contributed by atoms with Gasteiger partial charge in [-0.1, -0.05) is 0 Å². The molecule has 0 saturated carbocycles. The smallest absolute Gasteiger partial charge is 0.0779 e. The molecule has 0 aromatic carbocycles. The van der Waals surface area contributed by atoms with Crippen LogP contribution >= 0.6 is 0 Å². The fourth-order valence-electron chi connectivity index (χ4n) is 1.47. The van der Waals surface area contributed by atoms with E-state index < -0.39 is 0 Å². The molecule has 1 aliphatic rings. The lowest BCUT2D eigenvalue weighted by Gasteiger charge is -2.31. The van der Waals surface area contributed by atoms with E-state index in [0.29, 0.717) is 6.54 Å². The Labute approximate surface area is 81.0 Å². The van der Waals surface area contributed by atoms with Crippen LogP contribution in [0.2, 0.25) is 0 Å². The first-order chi connectivity index (χ1) is 5.97. The molecule has 0 bridgehead atoms. The molecule has 0 aliphatic carbocycles. The Morgan fingerprint density at radius 1 is 1.54 bits per heavy atom. The maximum absolute atomic E-state index is 5.68. The Kier molecular flexibility index (Phi) is 3.33. The monoisotopic (exact) mass is 186 g/mol. The van der Waals surface area contributed by atoms with Crippen LogP contribution in [-0.4, -0.2) is 30.8 Å². The van der Waals surface area contributed by atoms with Crippen molar-refractivity contribution in [2.24, 2.45) is 5.73 Å². The van der Waals surface area contributed by atoms with E-state index in [1.165, 1.54) is 6.42 Å². The van der Waals surface area contributed by atoms with E-state index in [-0.39, 0.29) is 11.1 Å². The molecule has 1 saturated heterocycles. The van der Waals surface area contributed by atoms with Crippen LogP contribution in [0.5, 0.6) is 0 Å². The second-order valence-corrected chi connectivity index (χ2v) is 4.84. The summed E-state index contributed by atoms with van der Waals surface area (Å²) in [6, 6.07) is 0. The van der Waals surface area contributed by atoms with E-state index >= 15 is 0 Å². The van der Waals surface area contributed by atoms with Crippen LogP contribution in [-0.2, 0) is 4.74 Å². The van der Waals surface area contributed by atoms with Crippen LogP contribution in [0.15, 0.2) is 0 Å². The van der Waals surface area contributed by atoms with Crippen molar-refractivity contribution in [1.82, 2.24) is 5.32 Å². The van der Waals surface area contributed by atoms with Gasteiger partial charge in [-0.2, -0.15) is 0 Å². The van der Waals surface area contributed by atoms with E-state index in [1.54, 1.807) is 0 Å². The van der Waals surface area contributed by atoms with Gasteiger partial charge < -0.3 is 15.8 Å². The summed E-state index contributed by atoms with van der Waals surface area (Å²) in [5, 5.41) is 3.44. The van der Waals surface area contributed by atoms with Gasteiger partial charge in [0.05, 0.1) is 5.60 Å². The van der Waals surface area contributed by atoms with Gasteiger partial charge in [0.15, 0.2) is 0 Å². The third-order valence-corrected chi connectivity index (χ3v) is 2.75. The summed E-state index contributed by atoms with van der Waals surface area (Å²) in [6.45, 7) is 8.86. The third kappa shape index (κ3) is 3.25. The first kappa shape index (κ1) is 11.0. The van der Waals surface area contributed by atoms with Crippen molar-refractivity contribution in [3.05, 3.63) is 0 Å². The second-order valence-electron chi connectivity index (χ2n) is 4.84. The maximum Gasteiger partial charge on any atom is 0.0779 e. The molecule has 1 unspecified atom stereocenters. The average molecular weight is 186 g/mol. The molecule has 3 nitrogen and oxygen atoms in total. The molecule has 78 valence electrons. The first-order valence-electron chi connectivity index (χ1n) is 5.07. The van der Waals surface area contributed by atoms with Gasteiger partial charge in [0, 0.05) is 25.2 Å². The number of ether oxygens (including phenoxy) is 1. The maximum atomic E-state index is 5.68. The number of hydrogen-bond donors (Lipinski definition) is 2. The van der Waals surface area contributed by atoms with Crippen LogP contribution in [0.25, 0.3) is 0 Å². The minimum absolute atomic E-state index is 0.0228. The van der Waals surface area contributed by atoms with Gasteiger partial charge >= 0.3 is 0 Å². The summed E-state index contributed by atoms with van der Waals surface area (Å²) < 4.78 is 5.68. The molecule has 1 atom stereocenters. The topological polar surface area (TPSA) is 47.3 Å². The molecule has 0 spiro atoms. The molecule has 13 heavy (non-hydrogen) atoms. The Hall–Kier alpha value is -0.120. The minimum atomic E-state index is 0.0228. The van der Waals surface area contributed by atoms with Gasteiger partial charge in [-0.3, -0.25) is 0 Å². The molecule has 0 amide bonds. The zero-order valence-corrected chi connectivity index (χ0v) is 9.02. The van der Waals surface area contributed by atoms with Crippen LogP contribution in [0, 0.1) is 0 Å². The average Bonchev–Trinajstić information content (AvgIpc) is 2.50. The van der Waals surface area contributed by atoms with E-state index in [9.17, 15) is 0 Å². The Bertz CT molecular complexity index is 162. The minimum Gasteiger partial charge on any atom is -0.374 e. The lowest BCUT2D eigenvalue weighted by atomic mass is 9.99. The van der Waals surface area contributed by atoms with E-state index in [4.69, 9.17) is 10.5 Å². The number of nitrogens with one attached hydrogen (secondary N) is 1. The van der Waals surface area contributed by atoms with Crippen LogP contribution < -0.4 is 11.1 Å².